The summed E-state index contributed by atoms with van der Waals surface area (Å²) in [6.07, 6.45) is 5.74. The molecule has 1 aromatic carbocycles. The molecule has 152 valence electrons. The molecule has 0 spiro atoms. The van der Waals surface area contributed by atoms with Crippen LogP contribution in [0.1, 0.15) is 35.2 Å². The van der Waals surface area contributed by atoms with Crippen molar-refractivity contribution in [3.05, 3.63) is 70.3 Å². The number of amides is 1. The first-order valence-corrected chi connectivity index (χ1v) is 9.64. The summed E-state index contributed by atoms with van der Waals surface area (Å²) in [5, 5.41) is 14.9. The smallest absolute Gasteiger partial charge is 0.280 e. The highest BCUT2D eigenvalue weighted by Crippen LogP contribution is 2.38. The van der Waals surface area contributed by atoms with E-state index in [4.69, 9.17) is 10.00 Å². The number of H-pyrrole nitrogens is 1. The predicted octanol–water partition coefficient (Wildman–Crippen LogP) is 2.40. The summed E-state index contributed by atoms with van der Waals surface area (Å²) in [6.45, 7) is 0.606. The van der Waals surface area contributed by atoms with E-state index in [1.54, 1.807) is 49.7 Å². The Morgan fingerprint density at radius 3 is 2.67 bits per heavy atom. The van der Waals surface area contributed by atoms with Gasteiger partial charge in [0.2, 0.25) is 0 Å². The van der Waals surface area contributed by atoms with Crippen molar-refractivity contribution in [2.75, 3.05) is 13.7 Å². The molecule has 0 atom stereocenters. The lowest BCUT2D eigenvalue weighted by Gasteiger charge is -2.16. The molecule has 8 nitrogen and oxygen atoms in total. The van der Waals surface area contributed by atoms with Gasteiger partial charge in [-0.2, -0.15) is 5.26 Å². The Hall–Kier alpha value is -3.70. The Labute approximate surface area is 173 Å². The molecule has 0 aliphatic heterocycles. The fourth-order valence-electron chi connectivity index (χ4n) is 3.32. The summed E-state index contributed by atoms with van der Waals surface area (Å²) in [7, 11) is 1.65. The van der Waals surface area contributed by atoms with Crippen LogP contribution in [0.5, 0.6) is 0 Å². The first kappa shape index (κ1) is 19.6. The van der Waals surface area contributed by atoms with Crippen molar-refractivity contribution >= 4 is 5.91 Å². The number of hydrogen-bond acceptors (Lipinski definition) is 5. The van der Waals surface area contributed by atoms with Crippen molar-refractivity contribution in [2.45, 2.75) is 24.8 Å². The molecule has 2 aromatic heterocycles. The van der Waals surface area contributed by atoms with Gasteiger partial charge in [0, 0.05) is 31.6 Å². The van der Waals surface area contributed by atoms with Crippen molar-refractivity contribution in [1.29, 1.82) is 5.26 Å². The van der Waals surface area contributed by atoms with Crippen molar-refractivity contribution in [3.8, 4) is 23.0 Å². The van der Waals surface area contributed by atoms with E-state index in [2.05, 4.69) is 21.5 Å². The molecule has 1 aliphatic carbocycles. The minimum Gasteiger partial charge on any atom is -0.385 e. The van der Waals surface area contributed by atoms with Crippen LogP contribution in [0, 0.1) is 11.3 Å². The third kappa shape index (κ3) is 3.88. The average molecular weight is 403 g/mol. The standard InChI is InChI=1S/C22H21N5O3/c1-30-11-10-22(8-9-22)26-20(28)17-6-7-19(24-13-17)27-21(29)18(14-25-27)16-4-2-15(12-23)3-5-16/h2-7,13-14,25H,8-11H2,1H3,(H,26,28). The van der Waals surface area contributed by atoms with E-state index in [-0.39, 0.29) is 17.0 Å². The van der Waals surface area contributed by atoms with Crippen LogP contribution in [0.3, 0.4) is 0 Å². The number of aromatic amines is 1. The van der Waals surface area contributed by atoms with Gasteiger partial charge in [-0.15, -0.1) is 0 Å². The zero-order chi connectivity index (χ0) is 21.1. The van der Waals surface area contributed by atoms with Crippen LogP contribution in [-0.2, 0) is 4.74 Å². The Morgan fingerprint density at radius 1 is 1.30 bits per heavy atom. The lowest BCUT2D eigenvalue weighted by Crippen LogP contribution is -2.37. The van der Waals surface area contributed by atoms with Gasteiger partial charge in [-0.05, 0) is 49.1 Å². The van der Waals surface area contributed by atoms with Crippen molar-refractivity contribution in [3.63, 3.8) is 0 Å². The molecule has 0 radical (unpaired) electrons. The second-order valence-corrected chi connectivity index (χ2v) is 7.40. The molecule has 1 fully saturated rings. The lowest BCUT2D eigenvalue weighted by atomic mass is 10.1. The maximum Gasteiger partial charge on any atom is 0.280 e. The normalized spacial score (nSPS) is 14.1. The van der Waals surface area contributed by atoms with E-state index < -0.39 is 0 Å². The molecule has 1 amide bonds. The van der Waals surface area contributed by atoms with Crippen LogP contribution in [-0.4, -0.2) is 39.9 Å². The largest absolute Gasteiger partial charge is 0.385 e. The van der Waals surface area contributed by atoms with Gasteiger partial charge in [-0.3, -0.25) is 14.7 Å². The first-order chi connectivity index (χ1) is 14.5. The Balaban J connectivity index is 1.51. The van der Waals surface area contributed by atoms with E-state index in [1.807, 2.05) is 0 Å². The van der Waals surface area contributed by atoms with Gasteiger partial charge < -0.3 is 10.1 Å². The number of carbonyl (C=O) groups is 1. The van der Waals surface area contributed by atoms with Crippen LogP contribution in [0.4, 0.5) is 0 Å². The van der Waals surface area contributed by atoms with E-state index >= 15 is 0 Å². The van der Waals surface area contributed by atoms with Gasteiger partial charge in [0.05, 0.1) is 22.8 Å². The number of rotatable bonds is 7. The summed E-state index contributed by atoms with van der Waals surface area (Å²) < 4.78 is 6.43. The molecule has 2 heterocycles. The number of nitrogens with zero attached hydrogens (tertiary/aromatic N) is 3. The van der Waals surface area contributed by atoms with E-state index in [1.165, 1.54) is 10.9 Å². The third-order valence-corrected chi connectivity index (χ3v) is 5.35. The SMILES string of the molecule is COCCC1(NC(=O)c2ccc(-n3[nH]cc(-c4ccc(C#N)cc4)c3=O)nc2)CC1. The number of benzene rings is 1. The third-order valence-electron chi connectivity index (χ3n) is 5.35. The molecule has 0 unspecified atom stereocenters. The molecule has 8 heteroatoms. The Bertz CT molecular complexity index is 1150. The van der Waals surface area contributed by atoms with Crippen LogP contribution < -0.4 is 10.9 Å². The lowest BCUT2D eigenvalue weighted by molar-refractivity contribution is 0.0916. The quantitative estimate of drug-likeness (QED) is 0.629. The summed E-state index contributed by atoms with van der Waals surface area (Å²) >= 11 is 0. The zero-order valence-electron chi connectivity index (χ0n) is 16.5. The minimum atomic E-state index is -0.263. The molecule has 3 aromatic rings. The molecule has 0 bridgehead atoms. The second kappa shape index (κ2) is 7.97. The highest BCUT2D eigenvalue weighted by Gasteiger charge is 2.43. The number of methoxy groups -OCH3 is 1. The van der Waals surface area contributed by atoms with Gasteiger partial charge in [0.15, 0.2) is 5.82 Å². The number of aromatic nitrogens is 3. The molecule has 1 aliphatic rings. The van der Waals surface area contributed by atoms with Gasteiger partial charge in [-0.25, -0.2) is 9.67 Å². The summed E-state index contributed by atoms with van der Waals surface area (Å²) in [5.41, 5.74) is 1.71. The number of ether oxygens (including phenoxy) is 1. The number of nitrogens with one attached hydrogen (secondary N) is 2. The molecule has 1 saturated carbocycles. The molecular formula is C22H21N5O3. The molecule has 0 saturated heterocycles. The first-order valence-electron chi connectivity index (χ1n) is 9.64. The molecule has 30 heavy (non-hydrogen) atoms. The van der Waals surface area contributed by atoms with E-state index in [0.717, 1.165) is 19.3 Å². The topological polar surface area (TPSA) is 113 Å². The molecule has 2 N–H and O–H groups in total. The summed E-state index contributed by atoms with van der Waals surface area (Å²) in [4.78, 5) is 29.6. The fraction of sp³-hybridized carbons (Fsp3) is 0.273. The maximum atomic E-state index is 12.8. The summed E-state index contributed by atoms with van der Waals surface area (Å²) in [5.74, 6) is 0.205. The summed E-state index contributed by atoms with van der Waals surface area (Å²) in [6, 6.07) is 12.1. The Morgan fingerprint density at radius 2 is 2.07 bits per heavy atom. The second-order valence-electron chi connectivity index (χ2n) is 7.40. The predicted molar refractivity (Wildman–Crippen MR) is 110 cm³/mol. The number of hydrogen-bond donors (Lipinski definition) is 2. The van der Waals surface area contributed by atoms with Crippen molar-refractivity contribution in [1.82, 2.24) is 20.1 Å². The monoisotopic (exact) mass is 403 g/mol. The molecular weight excluding hydrogens is 382 g/mol. The minimum absolute atomic E-state index is 0.168. The van der Waals surface area contributed by atoms with E-state index in [0.29, 0.717) is 34.7 Å². The zero-order valence-corrected chi connectivity index (χ0v) is 16.5. The maximum absolute atomic E-state index is 12.8. The van der Waals surface area contributed by atoms with Gasteiger partial charge >= 0.3 is 0 Å². The number of carbonyl (C=O) groups excluding carboxylic acids is 1. The van der Waals surface area contributed by atoms with Crippen molar-refractivity contribution < 1.29 is 9.53 Å². The van der Waals surface area contributed by atoms with E-state index in [9.17, 15) is 9.59 Å². The van der Waals surface area contributed by atoms with Crippen molar-refractivity contribution in [2.24, 2.45) is 0 Å². The van der Waals surface area contributed by atoms with Crippen LogP contribution in [0.15, 0.2) is 53.6 Å². The fourth-order valence-corrected chi connectivity index (χ4v) is 3.32. The highest BCUT2D eigenvalue weighted by atomic mass is 16.5. The van der Waals surface area contributed by atoms with Gasteiger partial charge in [0.25, 0.3) is 11.5 Å². The number of pyridine rings is 1. The van der Waals surface area contributed by atoms with Gasteiger partial charge in [-0.1, -0.05) is 12.1 Å². The average Bonchev–Trinajstić information content (AvgIpc) is 3.44. The van der Waals surface area contributed by atoms with Crippen LogP contribution >= 0.6 is 0 Å². The van der Waals surface area contributed by atoms with Crippen LogP contribution in [0.25, 0.3) is 16.9 Å². The van der Waals surface area contributed by atoms with Gasteiger partial charge in [0.1, 0.15) is 0 Å². The molecule has 4 rings (SSSR count). The Kier molecular flexibility index (Phi) is 5.21. The number of nitriles is 1. The van der Waals surface area contributed by atoms with Crippen LogP contribution in [0.2, 0.25) is 0 Å². The highest BCUT2D eigenvalue weighted by molar-refractivity contribution is 5.94.